The first kappa shape index (κ1) is 11.9. The Kier molecular flexibility index (Phi) is 2.83. The Labute approximate surface area is 100 Å². The minimum absolute atomic E-state index is 0.211. The highest BCUT2D eigenvalue weighted by Crippen LogP contribution is 2.40. The molecule has 1 aliphatic rings. The van der Waals surface area contributed by atoms with E-state index in [1.165, 1.54) is 0 Å². The Balaban J connectivity index is 2.61. The van der Waals surface area contributed by atoms with E-state index in [2.05, 4.69) is 0 Å². The van der Waals surface area contributed by atoms with Crippen molar-refractivity contribution in [3.8, 4) is 5.75 Å². The van der Waals surface area contributed by atoms with E-state index in [0.717, 1.165) is 16.7 Å². The Morgan fingerprint density at radius 3 is 2.47 bits per heavy atom. The van der Waals surface area contributed by atoms with E-state index in [1.807, 2.05) is 26.0 Å². The van der Waals surface area contributed by atoms with E-state index >= 15 is 0 Å². The fourth-order valence-corrected chi connectivity index (χ4v) is 2.38. The first-order valence-electron chi connectivity index (χ1n) is 5.48. The fourth-order valence-electron chi connectivity index (χ4n) is 2.38. The highest BCUT2D eigenvalue weighted by atomic mass is 16.5. The number of hydrogen-bond acceptors (Lipinski definition) is 3. The fraction of sp³-hybridized carbons (Fsp3) is 0.462. The van der Waals surface area contributed by atoms with Crippen molar-refractivity contribution in [1.29, 1.82) is 0 Å². The Morgan fingerprint density at radius 2 is 2.06 bits per heavy atom. The molecule has 1 aromatic carbocycles. The second-order valence-corrected chi connectivity index (χ2v) is 4.54. The first-order valence-corrected chi connectivity index (χ1v) is 5.48. The monoisotopic (exact) mass is 236 g/mol. The number of ether oxygens (including phenoxy) is 2. The zero-order chi connectivity index (χ0) is 12.6. The zero-order valence-corrected chi connectivity index (χ0v) is 10.2. The van der Waals surface area contributed by atoms with Gasteiger partial charge < -0.3 is 14.6 Å². The van der Waals surface area contributed by atoms with Gasteiger partial charge in [0.2, 0.25) is 0 Å². The van der Waals surface area contributed by atoms with E-state index in [4.69, 9.17) is 9.47 Å². The van der Waals surface area contributed by atoms with Gasteiger partial charge in [0.25, 0.3) is 0 Å². The van der Waals surface area contributed by atoms with E-state index in [1.54, 1.807) is 7.11 Å². The summed E-state index contributed by atoms with van der Waals surface area (Å²) in [5.41, 5.74) is 1.80. The highest BCUT2D eigenvalue weighted by molar-refractivity contribution is 5.84. The van der Waals surface area contributed by atoms with Gasteiger partial charge in [-0.05, 0) is 31.0 Å². The van der Waals surface area contributed by atoms with Crippen LogP contribution in [0.1, 0.15) is 16.7 Å². The first-order chi connectivity index (χ1) is 8.01. The van der Waals surface area contributed by atoms with Crippen LogP contribution < -0.4 is 4.74 Å². The van der Waals surface area contributed by atoms with Crippen molar-refractivity contribution in [3.05, 3.63) is 28.8 Å². The van der Waals surface area contributed by atoms with Gasteiger partial charge >= 0.3 is 5.97 Å². The van der Waals surface area contributed by atoms with Crippen molar-refractivity contribution in [2.75, 3.05) is 20.3 Å². The summed E-state index contributed by atoms with van der Waals surface area (Å²) in [4.78, 5) is 11.5. The molecule has 0 amide bonds. The van der Waals surface area contributed by atoms with Gasteiger partial charge in [-0.25, -0.2) is 0 Å². The van der Waals surface area contributed by atoms with Crippen LogP contribution in [0.3, 0.4) is 0 Å². The maximum Gasteiger partial charge on any atom is 0.319 e. The molecule has 17 heavy (non-hydrogen) atoms. The van der Waals surface area contributed by atoms with Crippen LogP contribution in [-0.4, -0.2) is 31.4 Å². The molecule has 2 rings (SSSR count). The van der Waals surface area contributed by atoms with E-state index in [-0.39, 0.29) is 13.2 Å². The summed E-state index contributed by atoms with van der Waals surface area (Å²) in [6, 6.07) is 3.84. The molecule has 92 valence electrons. The largest absolute Gasteiger partial charge is 0.496 e. The number of methoxy groups -OCH3 is 1. The molecule has 4 heteroatoms. The summed E-state index contributed by atoms with van der Waals surface area (Å²) in [7, 11) is 1.56. The number of hydrogen-bond donors (Lipinski definition) is 1. The molecule has 1 saturated heterocycles. The van der Waals surface area contributed by atoms with Gasteiger partial charge in [-0.3, -0.25) is 4.79 Å². The maximum atomic E-state index is 11.5. The van der Waals surface area contributed by atoms with Crippen LogP contribution in [0.4, 0.5) is 0 Å². The van der Waals surface area contributed by atoms with Gasteiger partial charge in [-0.1, -0.05) is 6.07 Å². The molecule has 4 nitrogen and oxygen atoms in total. The minimum Gasteiger partial charge on any atom is -0.496 e. The lowest BCUT2D eigenvalue weighted by atomic mass is 9.75. The lowest BCUT2D eigenvalue weighted by Gasteiger charge is -2.39. The maximum absolute atomic E-state index is 11.5. The zero-order valence-electron chi connectivity index (χ0n) is 10.2. The number of carbonyl (C=O) groups is 1. The van der Waals surface area contributed by atoms with Gasteiger partial charge in [0, 0.05) is 5.56 Å². The van der Waals surface area contributed by atoms with Gasteiger partial charge in [0.1, 0.15) is 11.2 Å². The number of rotatable bonds is 3. The molecule has 0 atom stereocenters. The van der Waals surface area contributed by atoms with Gasteiger partial charge in [-0.15, -0.1) is 0 Å². The molecule has 1 heterocycles. The lowest BCUT2D eigenvalue weighted by molar-refractivity contribution is -0.163. The molecular formula is C13H16O4. The summed E-state index contributed by atoms with van der Waals surface area (Å²) < 4.78 is 10.4. The molecule has 0 spiro atoms. The third kappa shape index (κ3) is 1.69. The number of aliphatic carboxylic acids is 1. The van der Waals surface area contributed by atoms with E-state index < -0.39 is 11.4 Å². The summed E-state index contributed by atoms with van der Waals surface area (Å²) in [5, 5.41) is 9.42. The molecule has 0 aromatic heterocycles. The summed E-state index contributed by atoms with van der Waals surface area (Å²) in [5.74, 6) is -0.220. The minimum atomic E-state index is -0.941. The number of carboxylic acids is 1. The van der Waals surface area contributed by atoms with Crippen LogP contribution in [0.15, 0.2) is 12.1 Å². The van der Waals surface area contributed by atoms with Crippen LogP contribution >= 0.6 is 0 Å². The van der Waals surface area contributed by atoms with Gasteiger partial charge in [0.05, 0.1) is 20.3 Å². The van der Waals surface area contributed by atoms with Crippen LogP contribution in [0.5, 0.6) is 5.75 Å². The molecule has 0 radical (unpaired) electrons. The third-order valence-electron chi connectivity index (χ3n) is 3.25. The van der Waals surface area contributed by atoms with Crippen LogP contribution in [0.2, 0.25) is 0 Å². The van der Waals surface area contributed by atoms with E-state index in [0.29, 0.717) is 5.75 Å². The van der Waals surface area contributed by atoms with Crippen molar-refractivity contribution in [3.63, 3.8) is 0 Å². The molecule has 1 N–H and O–H groups in total. The normalized spacial score (nSPS) is 17.4. The van der Waals surface area contributed by atoms with Crippen molar-refractivity contribution in [2.24, 2.45) is 0 Å². The number of benzene rings is 1. The Hall–Kier alpha value is -1.55. The SMILES string of the molecule is COc1cc(C)cc(C)c1C1(C(=O)O)COC1. The molecule has 1 fully saturated rings. The van der Waals surface area contributed by atoms with Gasteiger partial charge in [-0.2, -0.15) is 0 Å². The number of carboxylic acid groups (broad SMARTS) is 1. The van der Waals surface area contributed by atoms with Crippen LogP contribution in [-0.2, 0) is 14.9 Å². The second-order valence-electron chi connectivity index (χ2n) is 4.54. The predicted molar refractivity (Wildman–Crippen MR) is 62.6 cm³/mol. The van der Waals surface area contributed by atoms with Crippen LogP contribution in [0, 0.1) is 13.8 Å². The molecule has 0 bridgehead atoms. The quantitative estimate of drug-likeness (QED) is 0.867. The molecule has 0 saturated carbocycles. The molecular weight excluding hydrogens is 220 g/mol. The predicted octanol–water partition coefficient (Wildman–Crippen LogP) is 1.66. The Morgan fingerprint density at radius 1 is 1.41 bits per heavy atom. The van der Waals surface area contributed by atoms with Crippen molar-refractivity contribution >= 4 is 5.97 Å². The smallest absolute Gasteiger partial charge is 0.319 e. The average Bonchev–Trinajstić information content (AvgIpc) is 2.18. The highest BCUT2D eigenvalue weighted by Gasteiger charge is 2.50. The molecule has 0 unspecified atom stereocenters. The third-order valence-corrected chi connectivity index (χ3v) is 3.25. The van der Waals surface area contributed by atoms with Crippen molar-refractivity contribution in [2.45, 2.75) is 19.3 Å². The molecule has 0 aliphatic carbocycles. The standard InChI is InChI=1S/C13H16O4/c1-8-4-9(2)11(10(5-8)16-3)13(12(14)15)6-17-7-13/h4-5H,6-7H2,1-3H3,(H,14,15). The van der Waals surface area contributed by atoms with Crippen molar-refractivity contribution in [1.82, 2.24) is 0 Å². The van der Waals surface area contributed by atoms with Gasteiger partial charge in [0.15, 0.2) is 0 Å². The molecule has 1 aromatic rings. The second kappa shape index (κ2) is 4.04. The average molecular weight is 236 g/mol. The Bertz CT molecular complexity index is 461. The topological polar surface area (TPSA) is 55.8 Å². The number of aryl methyl sites for hydroxylation is 2. The molecule has 1 aliphatic heterocycles. The summed E-state index contributed by atoms with van der Waals surface area (Å²) in [6.45, 7) is 4.29. The lowest BCUT2D eigenvalue weighted by Crippen LogP contribution is -2.53. The van der Waals surface area contributed by atoms with Crippen LogP contribution in [0.25, 0.3) is 0 Å². The van der Waals surface area contributed by atoms with Crippen molar-refractivity contribution < 1.29 is 19.4 Å². The summed E-state index contributed by atoms with van der Waals surface area (Å²) >= 11 is 0. The summed E-state index contributed by atoms with van der Waals surface area (Å²) in [6.07, 6.45) is 0. The van der Waals surface area contributed by atoms with E-state index in [9.17, 15) is 9.90 Å².